The van der Waals surface area contributed by atoms with Gasteiger partial charge >= 0.3 is 0 Å². The Hall–Kier alpha value is -3.06. The molecular formula is C20H18N4O2S. The maximum Gasteiger partial charge on any atom is 0.230 e. The molecular weight excluding hydrogens is 360 g/mol. The fraction of sp³-hybridized carbons (Fsp3) is 0.150. The first-order chi connectivity index (χ1) is 13.2. The molecule has 1 N–H and O–H groups in total. The van der Waals surface area contributed by atoms with Crippen LogP contribution in [0, 0.1) is 0 Å². The Bertz CT molecular complexity index is 1040. The lowest BCUT2D eigenvalue weighted by atomic mass is 10.2. The molecule has 4 aromatic rings. The van der Waals surface area contributed by atoms with E-state index < -0.39 is 0 Å². The first-order valence-corrected chi connectivity index (χ1v) is 9.51. The summed E-state index contributed by atoms with van der Waals surface area (Å²) in [6.07, 6.45) is 0. The van der Waals surface area contributed by atoms with Gasteiger partial charge in [0.25, 0.3) is 0 Å². The highest BCUT2D eigenvalue weighted by Crippen LogP contribution is 2.28. The lowest BCUT2D eigenvalue weighted by molar-refractivity contribution is -0.118. The van der Waals surface area contributed by atoms with E-state index in [1.54, 1.807) is 0 Å². The van der Waals surface area contributed by atoms with Gasteiger partial charge in [-0.1, -0.05) is 60.3 Å². The number of rotatable bonds is 6. The molecule has 0 saturated heterocycles. The van der Waals surface area contributed by atoms with Gasteiger partial charge in [-0.15, -0.1) is 10.2 Å². The van der Waals surface area contributed by atoms with Crippen molar-refractivity contribution in [3.63, 3.8) is 0 Å². The second kappa shape index (κ2) is 7.67. The van der Waals surface area contributed by atoms with E-state index in [-0.39, 0.29) is 11.7 Å². The van der Waals surface area contributed by atoms with E-state index >= 15 is 0 Å². The Balaban J connectivity index is 1.39. The van der Waals surface area contributed by atoms with Crippen LogP contribution in [0.4, 0.5) is 0 Å². The van der Waals surface area contributed by atoms with Crippen LogP contribution >= 0.6 is 11.8 Å². The molecule has 7 heteroatoms. The van der Waals surface area contributed by atoms with E-state index in [2.05, 4.69) is 15.5 Å². The predicted octanol–water partition coefficient (Wildman–Crippen LogP) is 3.64. The number of hydrogen-bond donors (Lipinski definition) is 1. The van der Waals surface area contributed by atoms with Crippen LogP contribution in [0.3, 0.4) is 0 Å². The van der Waals surface area contributed by atoms with Crippen LogP contribution in [0.25, 0.3) is 22.6 Å². The summed E-state index contributed by atoms with van der Waals surface area (Å²) in [7, 11) is 1.87. The van der Waals surface area contributed by atoms with Crippen molar-refractivity contribution in [2.24, 2.45) is 7.05 Å². The van der Waals surface area contributed by atoms with Gasteiger partial charge in [-0.3, -0.25) is 4.79 Å². The third kappa shape index (κ3) is 3.88. The Labute approximate surface area is 160 Å². The molecule has 0 unspecified atom stereocenters. The number of carbonyl (C=O) groups is 1. The molecule has 0 aliphatic rings. The van der Waals surface area contributed by atoms with Crippen LogP contribution < -0.4 is 5.32 Å². The summed E-state index contributed by atoms with van der Waals surface area (Å²) < 4.78 is 7.69. The smallest absolute Gasteiger partial charge is 0.230 e. The fourth-order valence-corrected chi connectivity index (χ4v) is 3.47. The number of amides is 1. The number of thioether (sulfide) groups is 1. The van der Waals surface area contributed by atoms with Crippen LogP contribution in [0.15, 0.2) is 70.2 Å². The van der Waals surface area contributed by atoms with Crippen molar-refractivity contribution in [2.75, 3.05) is 5.75 Å². The van der Waals surface area contributed by atoms with E-state index in [0.717, 1.165) is 16.5 Å². The summed E-state index contributed by atoms with van der Waals surface area (Å²) in [5.74, 6) is 1.53. The Morgan fingerprint density at radius 3 is 2.70 bits per heavy atom. The molecule has 4 rings (SSSR count). The molecule has 0 aliphatic heterocycles. The maximum absolute atomic E-state index is 12.1. The molecule has 2 aromatic heterocycles. The zero-order chi connectivity index (χ0) is 18.6. The summed E-state index contributed by atoms with van der Waals surface area (Å²) in [6.45, 7) is 0.517. The number of carbonyl (C=O) groups excluding carboxylic acids is 1. The molecule has 2 aromatic carbocycles. The van der Waals surface area contributed by atoms with Crippen LogP contribution in [0.2, 0.25) is 0 Å². The van der Waals surface area contributed by atoms with Crippen LogP contribution in [-0.4, -0.2) is 26.4 Å². The Kier molecular flexibility index (Phi) is 4.93. The lowest BCUT2D eigenvalue weighted by Gasteiger charge is -2.05. The summed E-state index contributed by atoms with van der Waals surface area (Å²) in [4.78, 5) is 12.1. The number of aromatic nitrogens is 3. The van der Waals surface area contributed by atoms with Gasteiger partial charge in [0.2, 0.25) is 5.91 Å². The molecule has 0 bridgehead atoms. The number of hydrogen-bond acceptors (Lipinski definition) is 5. The van der Waals surface area contributed by atoms with Crippen molar-refractivity contribution >= 4 is 28.6 Å². The molecule has 136 valence electrons. The zero-order valence-corrected chi connectivity index (χ0v) is 15.6. The molecule has 0 aliphatic carbocycles. The molecule has 0 saturated carbocycles. The van der Waals surface area contributed by atoms with Crippen LogP contribution in [-0.2, 0) is 18.4 Å². The van der Waals surface area contributed by atoms with Crippen molar-refractivity contribution in [3.8, 4) is 11.6 Å². The molecule has 0 fully saturated rings. The van der Waals surface area contributed by atoms with Gasteiger partial charge < -0.3 is 14.3 Å². The molecule has 6 nitrogen and oxygen atoms in total. The maximum atomic E-state index is 12.1. The van der Waals surface area contributed by atoms with Gasteiger partial charge in [0.1, 0.15) is 5.58 Å². The first kappa shape index (κ1) is 17.4. The van der Waals surface area contributed by atoms with Crippen molar-refractivity contribution in [1.29, 1.82) is 0 Å². The van der Waals surface area contributed by atoms with Gasteiger partial charge in [0, 0.05) is 19.0 Å². The molecule has 2 heterocycles. The van der Waals surface area contributed by atoms with Gasteiger partial charge in [-0.25, -0.2) is 0 Å². The quantitative estimate of drug-likeness (QED) is 0.519. The van der Waals surface area contributed by atoms with Crippen LogP contribution in [0.5, 0.6) is 0 Å². The van der Waals surface area contributed by atoms with Crippen LogP contribution in [0.1, 0.15) is 5.56 Å². The van der Waals surface area contributed by atoms with E-state index in [9.17, 15) is 4.79 Å². The van der Waals surface area contributed by atoms with E-state index in [1.807, 2.05) is 72.3 Å². The predicted molar refractivity (Wildman–Crippen MR) is 105 cm³/mol. The summed E-state index contributed by atoms with van der Waals surface area (Å²) in [6, 6.07) is 19.6. The standard InChI is InChI=1S/C20H18N4O2S/c1-24-19(17-11-15-9-5-6-10-16(15)26-17)22-23-20(24)27-13-18(25)21-12-14-7-3-2-4-8-14/h2-11H,12-13H2,1H3,(H,21,25). The summed E-state index contributed by atoms with van der Waals surface area (Å²) in [5.41, 5.74) is 1.88. The number of furan rings is 1. The van der Waals surface area contributed by atoms with Gasteiger partial charge in [-0.2, -0.15) is 0 Å². The fourth-order valence-electron chi connectivity index (χ4n) is 2.72. The molecule has 27 heavy (non-hydrogen) atoms. The van der Waals surface area contributed by atoms with Gasteiger partial charge in [0.05, 0.1) is 5.75 Å². The topological polar surface area (TPSA) is 73.0 Å². The van der Waals surface area contributed by atoms with Crippen molar-refractivity contribution in [1.82, 2.24) is 20.1 Å². The summed E-state index contributed by atoms with van der Waals surface area (Å²) in [5, 5.41) is 13.0. The normalized spacial score (nSPS) is 11.0. The minimum absolute atomic E-state index is 0.0443. The lowest BCUT2D eigenvalue weighted by Crippen LogP contribution is -2.24. The van der Waals surface area contributed by atoms with Crippen molar-refractivity contribution in [3.05, 3.63) is 66.2 Å². The SMILES string of the molecule is Cn1c(SCC(=O)NCc2ccccc2)nnc1-c1cc2ccccc2o1. The first-order valence-electron chi connectivity index (χ1n) is 8.52. The third-order valence-electron chi connectivity index (χ3n) is 4.15. The number of benzene rings is 2. The summed E-state index contributed by atoms with van der Waals surface area (Å²) >= 11 is 1.35. The highest BCUT2D eigenvalue weighted by Gasteiger charge is 2.16. The monoisotopic (exact) mass is 378 g/mol. The van der Waals surface area contributed by atoms with Gasteiger partial charge in [-0.05, 0) is 17.7 Å². The average Bonchev–Trinajstić information content (AvgIpc) is 3.28. The second-order valence-corrected chi connectivity index (χ2v) is 7.01. The second-order valence-electron chi connectivity index (χ2n) is 6.06. The van der Waals surface area contributed by atoms with E-state index in [1.165, 1.54) is 11.8 Å². The zero-order valence-electron chi connectivity index (χ0n) is 14.8. The minimum Gasteiger partial charge on any atom is -0.453 e. The number of para-hydroxylation sites is 1. The highest BCUT2D eigenvalue weighted by molar-refractivity contribution is 7.99. The highest BCUT2D eigenvalue weighted by atomic mass is 32.2. The molecule has 0 atom stereocenters. The number of nitrogens with zero attached hydrogens (tertiary/aromatic N) is 3. The minimum atomic E-state index is -0.0443. The molecule has 0 spiro atoms. The largest absolute Gasteiger partial charge is 0.453 e. The van der Waals surface area contributed by atoms with E-state index in [4.69, 9.17) is 4.42 Å². The van der Waals surface area contributed by atoms with E-state index in [0.29, 0.717) is 23.3 Å². The van der Waals surface area contributed by atoms with Gasteiger partial charge in [0.15, 0.2) is 16.7 Å². The van der Waals surface area contributed by atoms with Crippen molar-refractivity contribution in [2.45, 2.75) is 11.7 Å². The third-order valence-corrected chi connectivity index (χ3v) is 5.17. The Morgan fingerprint density at radius 1 is 1.11 bits per heavy atom. The molecule has 0 radical (unpaired) electrons. The Morgan fingerprint density at radius 2 is 1.89 bits per heavy atom. The van der Waals surface area contributed by atoms with Crippen molar-refractivity contribution < 1.29 is 9.21 Å². The average molecular weight is 378 g/mol. The number of fused-ring (bicyclic) bond motifs is 1. The molecule has 1 amide bonds. The number of nitrogens with one attached hydrogen (secondary N) is 1.